The summed E-state index contributed by atoms with van der Waals surface area (Å²) in [5, 5.41) is 14.3. The van der Waals surface area contributed by atoms with Crippen molar-refractivity contribution in [1.29, 1.82) is 5.41 Å². The highest BCUT2D eigenvalue weighted by Gasteiger charge is 2.29. The van der Waals surface area contributed by atoms with Crippen LogP contribution in [-0.2, 0) is 0 Å². The van der Waals surface area contributed by atoms with Crippen molar-refractivity contribution >= 4 is 6.21 Å². The van der Waals surface area contributed by atoms with Crippen LogP contribution in [0.4, 0.5) is 0 Å². The Bertz CT molecular complexity index is 247. The van der Waals surface area contributed by atoms with E-state index in [9.17, 15) is 0 Å². The Labute approximate surface area is 91.8 Å². The van der Waals surface area contributed by atoms with Gasteiger partial charge in [0.25, 0.3) is 0 Å². The van der Waals surface area contributed by atoms with Crippen molar-refractivity contribution in [3.8, 4) is 0 Å². The molecule has 3 atom stereocenters. The lowest BCUT2D eigenvalue weighted by Crippen LogP contribution is -2.62. The summed E-state index contributed by atoms with van der Waals surface area (Å²) in [6.07, 6.45) is 2.85. The molecule has 15 heavy (non-hydrogen) atoms. The lowest BCUT2D eigenvalue weighted by atomic mass is 9.93. The topological polar surface area (TPSA) is 73.9 Å². The van der Waals surface area contributed by atoms with E-state index in [1.54, 1.807) is 0 Å². The Balaban J connectivity index is 2.73. The van der Waals surface area contributed by atoms with Crippen LogP contribution in [0.2, 0.25) is 0 Å². The van der Waals surface area contributed by atoms with Crippen LogP contribution in [-0.4, -0.2) is 30.9 Å². The second-order valence-corrected chi connectivity index (χ2v) is 4.50. The van der Waals surface area contributed by atoms with Gasteiger partial charge in [-0.05, 0) is 12.8 Å². The zero-order valence-corrected chi connectivity index (χ0v) is 9.75. The van der Waals surface area contributed by atoms with Crippen LogP contribution in [0.15, 0.2) is 11.8 Å². The number of piperazine rings is 1. The van der Waals surface area contributed by atoms with Crippen molar-refractivity contribution < 1.29 is 0 Å². The third-order valence-corrected chi connectivity index (χ3v) is 3.08. The molecule has 3 unspecified atom stereocenters. The third kappa shape index (κ3) is 2.79. The second-order valence-electron chi connectivity index (χ2n) is 4.50. The minimum absolute atomic E-state index is 0.147. The van der Waals surface area contributed by atoms with Crippen molar-refractivity contribution in [3.63, 3.8) is 0 Å². The summed E-state index contributed by atoms with van der Waals surface area (Å²) < 4.78 is 0. The average molecular weight is 210 g/mol. The number of hydrogen-bond acceptors (Lipinski definition) is 4. The Kier molecular flexibility index (Phi) is 4.29. The summed E-state index contributed by atoms with van der Waals surface area (Å²) in [5.41, 5.74) is 6.36. The molecule has 1 heterocycles. The summed E-state index contributed by atoms with van der Waals surface area (Å²) in [5.74, 6) is 0.581. The van der Waals surface area contributed by atoms with Gasteiger partial charge in [-0.3, -0.25) is 0 Å². The molecule has 0 amide bonds. The van der Waals surface area contributed by atoms with Gasteiger partial charge in [0.2, 0.25) is 0 Å². The van der Waals surface area contributed by atoms with E-state index in [0.29, 0.717) is 18.0 Å². The van der Waals surface area contributed by atoms with Gasteiger partial charge < -0.3 is 21.8 Å². The standard InChI is InChI=1S/C11H22N4/c1-7(2)10-6-14-8(3)11(15-10)9(4-12)5-13/h4-5,7-8,10-12,14-15H,6,13H2,1-3H3/b9-5+,12-4?. The van der Waals surface area contributed by atoms with E-state index in [2.05, 4.69) is 31.4 Å². The maximum absolute atomic E-state index is 7.32. The molecule has 1 rings (SSSR count). The van der Waals surface area contributed by atoms with Crippen LogP contribution < -0.4 is 16.4 Å². The van der Waals surface area contributed by atoms with Crippen LogP contribution in [0.3, 0.4) is 0 Å². The lowest BCUT2D eigenvalue weighted by Gasteiger charge is -2.39. The fourth-order valence-electron chi connectivity index (χ4n) is 1.92. The Morgan fingerprint density at radius 3 is 2.67 bits per heavy atom. The molecule has 86 valence electrons. The summed E-state index contributed by atoms with van der Waals surface area (Å²) in [4.78, 5) is 0. The number of nitrogens with two attached hydrogens (primary N) is 1. The van der Waals surface area contributed by atoms with Gasteiger partial charge >= 0.3 is 0 Å². The quantitative estimate of drug-likeness (QED) is 0.511. The highest BCUT2D eigenvalue weighted by atomic mass is 15.1. The molecular formula is C11H22N4. The van der Waals surface area contributed by atoms with Crippen LogP contribution in [0.5, 0.6) is 0 Å². The molecule has 1 aliphatic heterocycles. The van der Waals surface area contributed by atoms with Gasteiger partial charge in [0.1, 0.15) is 0 Å². The predicted molar refractivity (Wildman–Crippen MR) is 64.1 cm³/mol. The summed E-state index contributed by atoms with van der Waals surface area (Å²) in [7, 11) is 0. The molecular weight excluding hydrogens is 188 g/mol. The highest BCUT2D eigenvalue weighted by Crippen LogP contribution is 2.13. The first kappa shape index (κ1) is 12.2. The number of rotatable bonds is 3. The first-order valence-electron chi connectivity index (χ1n) is 5.51. The average Bonchev–Trinajstić information content (AvgIpc) is 2.22. The maximum Gasteiger partial charge on any atom is 0.0505 e. The zero-order chi connectivity index (χ0) is 11.4. The van der Waals surface area contributed by atoms with Gasteiger partial charge in [0.15, 0.2) is 0 Å². The van der Waals surface area contributed by atoms with Crippen molar-refractivity contribution in [3.05, 3.63) is 11.8 Å². The molecule has 0 bridgehead atoms. The summed E-state index contributed by atoms with van der Waals surface area (Å²) >= 11 is 0. The van der Waals surface area contributed by atoms with Crippen LogP contribution in [0.1, 0.15) is 20.8 Å². The van der Waals surface area contributed by atoms with Crippen LogP contribution in [0.25, 0.3) is 0 Å². The fourth-order valence-corrected chi connectivity index (χ4v) is 1.92. The fraction of sp³-hybridized carbons (Fsp3) is 0.727. The maximum atomic E-state index is 7.32. The summed E-state index contributed by atoms with van der Waals surface area (Å²) in [6.45, 7) is 7.48. The second kappa shape index (κ2) is 5.28. The SMILES string of the molecule is CC(C)C1CNC(C)C(/C(C=N)=C/N)N1. The van der Waals surface area contributed by atoms with E-state index >= 15 is 0 Å². The largest absolute Gasteiger partial charge is 0.404 e. The molecule has 0 aliphatic carbocycles. The third-order valence-electron chi connectivity index (χ3n) is 3.08. The van der Waals surface area contributed by atoms with Crippen LogP contribution >= 0.6 is 0 Å². The van der Waals surface area contributed by atoms with Gasteiger partial charge in [0, 0.05) is 36.6 Å². The molecule has 0 radical (unpaired) electrons. The van der Waals surface area contributed by atoms with E-state index in [0.717, 1.165) is 12.1 Å². The van der Waals surface area contributed by atoms with Gasteiger partial charge in [-0.2, -0.15) is 0 Å². The monoisotopic (exact) mass is 210 g/mol. The van der Waals surface area contributed by atoms with Crippen molar-refractivity contribution in [2.45, 2.75) is 38.9 Å². The van der Waals surface area contributed by atoms with E-state index < -0.39 is 0 Å². The Morgan fingerprint density at radius 2 is 2.20 bits per heavy atom. The Morgan fingerprint density at radius 1 is 1.53 bits per heavy atom. The normalized spacial score (nSPS) is 33.1. The number of nitrogens with one attached hydrogen (secondary N) is 3. The van der Waals surface area contributed by atoms with Gasteiger partial charge in [0.05, 0.1) is 6.04 Å². The lowest BCUT2D eigenvalue weighted by molar-refractivity contribution is 0.264. The summed E-state index contributed by atoms with van der Waals surface area (Å²) in [6, 6.07) is 0.908. The molecule has 0 spiro atoms. The van der Waals surface area contributed by atoms with E-state index in [1.807, 2.05) is 0 Å². The molecule has 5 N–H and O–H groups in total. The molecule has 0 aromatic heterocycles. The number of hydrogen-bond donors (Lipinski definition) is 4. The highest BCUT2D eigenvalue weighted by molar-refractivity contribution is 5.77. The van der Waals surface area contributed by atoms with E-state index in [-0.39, 0.29) is 6.04 Å². The van der Waals surface area contributed by atoms with Gasteiger partial charge in [-0.15, -0.1) is 0 Å². The van der Waals surface area contributed by atoms with Crippen molar-refractivity contribution in [2.75, 3.05) is 6.54 Å². The molecule has 1 fully saturated rings. The molecule has 4 nitrogen and oxygen atoms in total. The minimum Gasteiger partial charge on any atom is -0.404 e. The van der Waals surface area contributed by atoms with Crippen molar-refractivity contribution in [1.82, 2.24) is 10.6 Å². The van der Waals surface area contributed by atoms with Crippen LogP contribution in [0, 0.1) is 11.3 Å². The zero-order valence-electron chi connectivity index (χ0n) is 9.75. The van der Waals surface area contributed by atoms with E-state index in [4.69, 9.17) is 11.1 Å². The molecule has 1 saturated heterocycles. The van der Waals surface area contributed by atoms with Gasteiger partial charge in [-0.1, -0.05) is 13.8 Å². The molecule has 0 aromatic carbocycles. The minimum atomic E-state index is 0.147. The van der Waals surface area contributed by atoms with Crippen molar-refractivity contribution in [2.24, 2.45) is 11.7 Å². The predicted octanol–water partition coefficient (Wildman–Crippen LogP) is 0.453. The first-order valence-corrected chi connectivity index (χ1v) is 5.51. The molecule has 0 saturated carbocycles. The van der Waals surface area contributed by atoms with E-state index in [1.165, 1.54) is 12.4 Å². The molecule has 0 aromatic rings. The molecule has 4 heteroatoms. The smallest absolute Gasteiger partial charge is 0.0505 e. The first-order chi connectivity index (χ1) is 7.10. The molecule has 1 aliphatic rings. The van der Waals surface area contributed by atoms with Gasteiger partial charge in [-0.25, -0.2) is 0 Å². The Hall–Kier alpha value is -0.870.